The van der Waals surface area contributed by atoms with Crippen LogP contribution in [-0.2, 0) is 0 Å². The molecule has 0 aliphatic carbocycles. The molecule has 0 amide bonds. The Morgan fingerprint density at radius 2 is 1.53 bits per heavy atom. The van der Waals surface area contributed by atoms with E-state index in [1.165, 1.54) is 0 Å². The molecule has 0 aliphatic heterocycles. The molecule has 2 nitrogen and oxygen atoms in total. The van der Waals surface area contributed by atoms with Gasteiger partial charge in [0.2, 0.25) is 0 Å². The summed E-state index contributed by atoms with van der Waals surface area (Å²) >= 11 is 0. The number of hydrogen-bond acceptors (Lipinski definition) is 2. The van der Waals surface area contributed by atoms with Gasteiger partial charge in [0, 0.05) is 0 Å². The number of hydrogen-bond donors (Lipinski definition) is 1. The van der Waals surface area contributed by atoms with Gasteiger partial charge in [-0.1, -0.05) is 42.5 Å². The third-order valence-electron chi connectivity index (χ3n) is 2.49. The van der Waals surface area contributed by atoms with Crippen LogP contribution >= 0.6 is 12.4 Å². The van der Waals surface area contributed by atoms with Crippen molar-refractivity contribution in [2.75, 3.05) is 5.73 Å². The quantitative estimate of drug-likeness (QED) is 0.839. The van der Waals surface area contributed by atoms with Crippen molar-refractivity contribution in [3.05, 3.63) is 60.2 Å². The second kappa shape index (κ2) is 6.16. The minimum Gasteiger partial charge on any atom is -0.484 e. The van der Waals surface area contributed by atoms with Gasteiger partial charge in [-0.15, -0.1) is 12.4 Å². The van der Waals surface area contributed by atoms with Gasteiger partial charge in [0.25, 0.3) is 0 Å². The molecule has 2 aromatic carbocycles. The number of benzene rings is 2. The van der Waals surface area contributed by atoms with Gasteiger partial charge in [0.05, 0.1) is 5.69 Å². The molecule has 2 aromatic rings. The first kappa shape index (κ1) is 13.4. The molecule has 0 spiro atoms. The molecule has 90 valence electrons. The summed E-state index contributed by atoms with van der Waals surface area (Å²) < 4.78 is 5.81. The summed E-state index contributed by atoms with van der Waals surface area (Å²) in [6.45, 7) is 2.02. The molecular weight excluding hydrogens is 234 g/mol. The van der Waals surface area contributed by atoms with Crippen LogP contribution in [0.15, 0.2) is 54.6 Å². The molecule has 17 heavy (non-hydrogen) atoms. The second-order valence-electron chi connectivity index (χ2n) is 3.71. The first-order valence-electron chi connectivity index (χ1n) is 5.33. The van der Waals surface area contributed by atoms with Crippen molar-refractivity contribution in [2.45, 2.75) is 13.0 Å². The van der Waals surface area contributed by atoms with Gasteiger partial charge < -0.3 is 10.5 Å². The van der Waals surface area contributed by atoms with Crippen LogP contribution in [0.25, 0.3) is 0 Å². The fraction of sp³-hybridized carbons (Fsp3) is 0.143. The SMILES string of the molecule is CC(Oc1ccccc1N)c1ccccc1.Cl. The smallest absolute Gasteiger partial charge is 0.143 e. The van der Waals surface area contributed by atoms with Crippen LogP contribution in [0.2, 0.25) is 0 Å². The van der Waals surface area contributed by atoms with Gasteiger partial charge >= 0.3 is 0 Å². The minimum absolute atomic E-state index is 0. The lowest BCUT2D eigenvalue weighted by molar-refractivity contribution is 0.228. The molecule has 0 aromatic heterocycles. The molecule has 0 bridgehead atoms. The van der Waals surface area contributed by atoms with Crippen LogP contribution in [0, 0.1) is 0 Å². The zero-order valence-corrected chi connectivity index (χ0v) is 10.5. The van der Waals surface area contributed by atoms with E-state index < -0.39 is 0 Å². The Morgan fingerprint density at radius 3 is 2.18 bits per heavy atom. The summed E-state index contributed by atoms with van der Waals surface area (Å²) in [6, 6.07) is 17.6. The van der Waals surface area contributed by atoms with E-state index in [4.69, 9.17) is 10.5 Å². The standard InChI is InChI=1S/C14H15NO.ClH/c1-11(12-7-3-2-4-8-12)16-14-10-6-5-9-13(14)15;/h2-11H,15H2,1H3;1H. The zero-order valence-electron chi connectivity index (χ0n) is 9.67. The molecule has 0 aliphatic rings. The van der Waals surface area contributed by atoms with Crippen molar-refractivity contribution in [3.63, 3.8) is 0 Å². The first-order valence-corrected chi connectivity index (χ1v) is 5.33. The van der Waals surface area contributed by atoms with Gasteiger partial charge in [0.15, 0.2) is 0 Å². The molecule has 1 atom stereocenters. The van der Waals surface area contributed by atoms with Crippen LogP contribution in [0.4, 0.5) is 5.69 Å². The van der Waals surface area contributed by atoms with Crippen molar-refractivity contribution in [2.24, 2.45) is 0 Å². The summed E-state index contributed by atoms with van der Waals surface area (Å²) in [5.41, 5.74) is 7.64. The average molecular weight is 250 g/mol. The van der Waals surface area contributed by atoms with Crippen LogP contribution < -0.4 is 10.5 Å². The molecule has 2 rings (SSSR count). The van der Waals surface area contributed by atoms with Crippen molar-refractivity contribution in [3.8, 4) is 5.75 Å². The Balaban J connectivity index is 0.00000144. The van der Waals surface area contributed by atoms with Crippen molar-refractivity contribution < 1.29 is 4.74 Å². The fourth-order valence-electron chi connectivity index (χ4n) is 1.57. The van der Waals surface area contributed by atoms with E-state index in [-0.39, 0.29) is 18.5 Å². The summed E-state index contributed by atoms with van der Waals surface area (Å²) in [5.74, 6) is 0.735. The maximum absolute atomic E-state index is 5.82. The molecular formula is C14H16ClNO. The average Bonchev–Trinajstić information content (AvgIpc) is 2.33. The third kappa shape index (κ3) is 3.40. The van der Waals surface area contributed by atoms with E-state index in [1.807, 2.05) is 61.5 Å². The molecule has 2 N–H and O–H groups in total. The predicted molar refractivity (Wildman–Crippen MR) is 73.6 cm³/mol. The monoisotopic (exact) mass is 249 g/mol. The molecule has 1 unspecified atom stereocenters. The van der Waals surface area contributed by atoms with Crippen LogP contribution in [-0.4, -0.2) is 0 Å². The van der Waals surface area contributed by atoms with Gasteiger partial charge in [-0.2, -0.15) is 0 Å². The van der Waals surface area contributed by atoms with E-state index >= 15 is 0 Å². The topological polar surface area (TPSA) is 35.2 Å². The molecule has 0 heterocycles. The highest BCUT2D eigenvalue weighted by Crippen LogP contribution is 2.26. The molecule has 0 saturated carbocycles. The highest BCUT2D eigenvalue weighted by Gasteiger charge is 2.07. The summed E-state index contributed by atoms with van der Waals surface area (Å²) in [7, 11) is 0. The highest BCUT2D eigenvalue weighted by atomic mass is 35.5. The Morgan fingerprint density at radius 1 is 0.941 bits per heavy atom. The van der Waals surface area contributed by atoms with Gasteiger partial charge in [-0.3, -0.25) is 0 Å². The van der Waals surface area contributed by atoms with Crippen molar-refractivity contribution in [1.82, 2.24) is 0 Å². The van der Waals surface area contributed by atoms with Crippen LogP contribution in [0.3, 0.4) is 0 Å². The maximum Gasteiger partial charge on any atom is 0.143 e. The maximum atomic E-state index is 5.82. The molecule has 0 radical (unpaired) electrons. The Hall–Kier alpha value is -1.67. The van der Waals surface area contributed by atoms with E-state index in [2.05, 4.69) is 0 Å². The largest absolute Gasteiger partial charge is 0.484 e. The van der Waals surface area contributed by atoms with E-state index in [0.717, 1.165) is 11.3 Å². The lowest BCUT2D eigenvalue weighted by Crippen LogP contribution is -2.04. The number of para-hydroxylation sites is 2. The van der Waals surface area contributed by atoms with E-state index in [0.29, 0.717) is 5.69 Å². The fourth-order valence-corrected chi connectivity index (χ4v) is 1.57. The normalized spacial score (nSPS) is 11.4. The lowest BCUT2D eigenvalue weighted by Gasteiger charge is -2.16. The molecule has 0 saturated heterocycles. The van der Waals surface area contributed by atoms with Gasteiger partial charge in [-0.25, -0.2) is 0 Å². The van der Waals surface area contributed by atoms with Gasteiger partial charge in [0.1, 0.15) is 11.9 Å². The Labute approximate surface area is 108 Å². The third-order valence-corrected chi connectivity index (χ3v) is 2.49. The lowest BCUT2D eigenvalue weighted by atomic mass is 10.1. The number of anilines is 1. The number of halogens is 1. The van der Waals surface area contributed by atoms with Crippen molar-refractivity contribution in [1.29, 1.82) is 0 Å². The second-order valence-corrected chi connectivity index (χ2v) is 3.71. The summed E-state index contributed by atoms with van der Waals surface area (Å²) in [5, 5.41) is 0. The van der Waals surface area contributed by atoms with Crippen LogP contribution in [0.1, 0.15) is 18.6 Å². The zero-order chi connectivity index (χ0) is 11.4. The Bertz CT molecular complexity index is 459. The summed E-state index contributed by atoms with van der Waals surface area (Å²) in [6.07, 6.45) is 0.00546. The Kier molecular flexibility index (Phi) is 4.85. The summed E-state index contributed by atoms with van der Waals surface area (Å²) in [4.78, 5) is 0. The first-order chi connectivity index (χ1) is 7.77. The van der Waals surface area contributed by atoms with Gasteiger partial charge in [-0.05, 0) is 24.6 Å². The minimum atomic E-state index is 0. The number of rotatable bonds is 3. The highest BCUT2D eigenvalue weighted by molar-refractivity contribution is 5.85. The van der Waals surface area contributed by atoms with Crippen LogP contribution in [0.5, 0.6) is 5.75 Å². The molecule has 3 heteroatoms. The predicted octanol–water partition coefficient (Wildman–Crippen LogP) is 3.83. The van der Waals surface area contributed by atoms with E-state index in [9.17, 15) is 0 Å². The number of nitrogens with two attached hydrogens (primary N) is 1. The number of ether oxygens (including phenoxy) is 1. The van der Waals surface area contributed by atoms with E-state index in [1.54, 1.807) is 0 Å². The number of nitrogen functional groups attached to an aromatic ring is 1. The molecule has 0 fully saturated rings. The van der Waals surface area contributed by atoms with Crippen molar-refractivity contribution >= 4 is 18.1 Å².